The first-order chi connectivity index (χ1) is 14.9. The van der Waals surface area contributed by atoms with Crippen LogP contribution in [0, 0.1) is 0 Å². The molecular weight excluding hydrogens is 398 g/mol. The minimum atomic E-state index is -0.583. The van der Waals surface area contributed by atoms with Gasteiger partial charge in [0.25, 0.3) is 5.91 Å². The zero-order chi connectivity index (χ0) is 22.5. The first kappa shape index (κ1) is 22.0. The van der Waals surface area contributed by atoms with Gasteiger partial charge in [-0.2, -0.15) is 0 Å². The monoisotopic (exact) mass is 423 g/mol. The summed E-state index contributed by atoms with van der Waals surface area (Å²) in [4.78, 5) is 27.4. The number of benzene rings is 2. The van der Waals surface area contributed by atoms with Crippen LogP contribution in [0.25, 0.3) is 6.08 Å². The summed E-state index contributed by atoms with van der Waals surface area (Å²) in [5, 5.41) is 0. The lowest BCUT2D eigenvalue weighted by atomic mass is 10.0. The molecule has 7 nitrogen and oxygen atoms in total. The lowest BCUT2D eigenvalue weighted by Crippen LogP contribution is -2.24. The molecular formula is C24H25NO6. The number of rotatable bonds is 7. The van der Waals surface area contributed by atoms with E-state index in [1.165, 1.54) is 12.0 Å². The highest BCUT2D eigenvalue weighted by Crippen LogP contribution is 2.37. The van der Waals surface area contributed by atoms with E-state index < -0.39 is 5.97 Å². The molecule has 0 radical (unpaired) electrons. The molecule has 1 heterocycles. The van der Waals surface area contributed by atoms with Crippen LogP contribution in [-0.2, 0) is 14.3 Å². The van der Waals surface area contributed by atoms with Crippen LogP contribution in [0.4, 0.5) is 5.69 Å². The summed E-state index contributed by atoms with van der Waals surface area (Å²) in [6.45, 7) is 4.10. The van der Waals surface area contributed by atoms with Gasteiger partial charge in [0.2, 0.25) is 0 Å². The lowest BCUT2D eigenvalue weighted by Gasteiger charge is -2.18. The number of amides is 1. The molecule has 162 valence electrons. The van der Waals surface area contributed by atoms with Gasteiger partial charge in [0.05, 0.1) is 44.8 Å². The van der Waals surface area contributed by atoms with Crippen LogP contribution in [0.2, 0.25) is 0 Å². The molecule has 3 rings (SSSR count). The Morgan fingerprint density at radius 3 is 2.45 bits per heavy atom. The summed E-state index contributed by atoms with van der Waals surface area (Å²) in [5.41, 5.74) is 2.21. The molecule has 1 aliphatic rings. The Balaban J connectivity index is 2.11. The van der Waals surface area contributed by atoms with Gasteiger partial charge in [-0.3, -0.25) is 9.69 Å². The average molecular weight is 423 g/mol. The van der Waals surface area contributed by atoms with E-state index in [2.05, 4.69) is 0 Å². The molecule has 1 aliphatic heterocycles. The van der Waals surface area contributed by atoms with Gasteiger partial charge in [-0.1, -0.05) is 12.1 Å². The van der Waals surface area contributed by atoms with Crippen molar-refractivity contribution in [3.63, 3.8) is 0 Å². The molecule has 0 fully saturated rings. The predicted molar refractivity (Wildman–Crippen MR) is 117 cm³/mol. The Morgan fingerprint density at radius 1 is 1.03 bits per heavy atom. The number of nitrogens with zero attached hydrogens (tertiary/aromatic N) is 1. The predicted octanol–water partition coefficient (Wildman–Crippen LogP) is 3.98. The standard InChI is InChI=1S/C24H25NO6/c1-6-31-20-11-10-16(13-21(20)29-4)12-19-22(24(27)30-5)15(2)25(23(19)26)17-8-7-9-18(14-17)28-3/h7-14H,6H2,1-5H3/b19-12-. The second kappa shape index (κ2) is 9.38. The van der Waals surface area contributed by atoms with E-state index in [9.17, 15) is 9.59 Å². The van der Waals surface area contributed by atoms with Gasteiger partial charge >= 0.3 is 5.97 Å². The van der Waals surface area contributed by atoms with Gasteiger partial charge < -0.3 is 18.9 Å². The number of anilines is 1. The Hall–Kier alpha value is -3.74. The fraction of sp³-hybridized carbons (Fsp3) is 0.250. The van der Waals surface area contributed by atoms with Gasteiger partial charge in [-0.15, -0.1) is 0 Å². The number of hydrogen-bond donors (Lipinski definition) is 0. The van der Waals surface area contributed by atoms with E-state index in [4.69, 9.17) is 18.9 Å². The van der Waals surface area contributed by atoms with Gasteiger partial charge in [0.15, 0.2) is 11.5 Å². The second-order valence-electron chi connectivity index (χ2n) is 6.70. The minimum Gasteiger partial charge on any atom is -0.497 e. The maximum absolute atomic E-state index is 13.4. The second-order valence-corrected chi connectivity index (χ2v) is 6.70. The van der Waals surface area contributed by atoms with Crippen LogP contribution in [0.1, 0.15) is 19.4 Å². The van der Waals surface area contributed by atoms with Crippen molar-refractivity contribution in [2.75, 3.05) is 32.8 Å². The Labute approximate surface area is 181 Å². The summed E-state index contributed by atoms with van der Waals surface area (Å²) in [7, 11) is 4.39. The number of carbonyl (C=O) groups is 2. The van der Waals surface area contributed by atoms with E-state index in [0.29, 0.717) is 40.8 Å². The highest BCUT2D eigenvalue weighted by molar-refractivity contribution is 6.23. The quantitative estimate of drug-likeness (QED) is 0.495. The molecule has 7 heteroatoms. The number of allylic oxidation sites excluding steroid dienone is 1. The summed E-state index contributed by atoms with van der Waals surface area (Å²) in [5.74, 6) is 0.820. The normalized spacial score (nSPS) is 14.8. The molecule has 0 unspecified atom stereocenters. The van der Waals surface area contributed by atoms with Crippen LogP contribution >= 0.6 is 0 Å². The van der Waals surface area contributed by atoms with E-state index in [0.717, 1.165) is 0 Å². The summed E-state index contributed by atoms with van der Waals surface area (Å²) >= 11 is 0. The third kappa shape index (κ3) is 4.26. The average Bonchev–Trinajstić information content (AvgIpc) is 3.03. The Kier molecular flexibility index (Phi) is 6.65. The molecule has 0 aromatic heterocycles. The van der Waals surface area contributed by atoms with Crippen molar-refractivity contribution in [3.05, 3.63) is 64.9 Å². The molecule has 2 aromatic rings. The third-order valence-corrected chi connectivity index (χ3v) is 4.90. The van der Waals surface area contributed by atoms with Crippen LogP contribution in [-0.4, -0.2) is 39.8 Å². The molecule has 0 aliphatic carbocycles. The number of carbonyl (C=O) groups excluding carboxylic acids is 2. The topological polar surface area (TPSA) is 74.3 Å². The van der Waals surface area contributed by atoms with Crippen LogP contribution in [0.3, 0.4) is 0 Å². The van der Waals surface area contributed by atoms with Crippen molar-refractivity contribution in [3.8, 4) is 17.2 Å². The first-order valence-corrected chi connectivity index (χ1v) is 9.75. The molecule has 0 N–H and O–H groups in total. The summed E-state index contributed by atoms with van der Waals surface area (Å²) in [6.07, 6.45) is 1.65. The van der Waals surface area contributed by atoms with Gasteiger partial charge in [-0.05, 0) is 49.8 Å². The van der Waals surface area contributed by atoms with Crippen LogP contribution in [0.5, 0.6) is 17.2 Å². The zero-order valence-corrected chi connectivity index (χ0v) is 18.2. The molecule has 0 atom stereocenters. The third-order valence-electron chi connectivity index (χ3n) is 4.90. The molecule has 31 heavy (non-hydrogen) atoms. The van der Waals surface area contributed by atoms with E-state index in [-0.39, 0.29) is 17.1 Å². The van der Waals surface area contributed by atoms with Crippen molar-refractivity contribution in [2.24, 2.45) is 0 Å². The summed E-state index contributed by atoms with van der Waals surface area (Å²) < 4.78 is 21.2. The molecule has 0 bridgehead atoms. The largest absolute Gasteiger partial charge is 0.497 e. The van der Waals surface area contributed by atoms with E-state index in [1.54, 1.807) is 69.7 Å². The van der Waals surface area contributed by atoms with Crippen LogP contribution < -0.4 is 19.1 Å². The number of esters is 1. The van der Waals surface area contributed by atoms with E-state index in [1.807, 2.05) is 6.92 Å². The smallest absolute Gasteiger partial charge is 0.340 e. The van der Waals surface area contributed by atoms with Crippen molar-refractivity contribution < 1.29 is 28.5 Å². The lowest BCUT2D eigenvalue weighted by molar-refractivity contribution is -0.136. The molecule has 2 aromatic carbocycles. The molecule has 0 saturated carbocycles. The minimum absolute atomic E-state index is 0.211. The molecule has 0 saturated heterocycles. The van der Waals surface area contributed by atoms with Crippen molar-refractivity contribution in [1.29, 1.82) is 0 Å². The maximum atomic E-state index is 13.4. The maximum Gasteiger partial charge on any atom is 0.340 e. The molecule has 1 amide bonds. The molecule has 0 spiro atoms. The first-order valence-electron chi connectivity index (χ1n) is 9.75. The zero-order valence-electron chi connectivity index (χ0n) is 18.2. The van der Waals surface area contributed by atoms with E-state index >= 15 is 0 Å². The number of ether oxygens (including phenoxy) is 4. The SMILES string of the molecule is CCOc1ccc(/C=C2\C(=O)N(c3cccc(OC)c3)C(C)=C2C(=O)OC)cc1OC. The number of hydrogen-bond acceptors (Lipinski definition) is 6. The van der Waals surface area contributed by atoms with Gasteiger partial charge in [0.1, 0.15) is 5.75 Å². The van der Waals surface area contributed by atoms with Crippen molar-refractivity contribution in [2.45, 2.75) is 13.8 Å². The van der Waals surface area contributed by atoms with Crippen molar-refractivity contribution in [1.82, 2.24) is 0 Å². The fourth-order valence-corrected chi connectivity index (χ4v) is 3.46. The van der Waals surface area contributed by atoms with Crippen molar-refractivity contribution >= 4 is 23.6 Å². The highest BCUT2D eigenvalue weighted by Gasteiger charge is 2.38. The highest BCUT2D eigenvalue weighted by atomic mass is 16.5. The Morgan fingerprint density at radius 2 is 1.81 bits per heavy atom. The van der Waals surface area contributed by atoms with Crippen LogP contribution in [0.15, 0.2) is 59.3 Å². The summed E-state index contributed by atoms with van der Waals surface area (Å²) in [6, 6.07) is 12.4. The Bertz CT molecular complexity index is 1070. The fourth-order valence-electron chi connectivity index (χ4n) is 3.46. The van der Waals surface area contributed by atoms with Gasteiger partial charge in [0, 0.05) is 11.8 Å². The van der Waals surface area contributed by atoms with Gasteiger partial charge in [-0.25, -0.2) is 4.79 Å². The number of methoxy groups -OCH3 is 3.